The lowest BCUT2D eigenvalue weighted by molar-refractivity contribution is -0.139. The second-order valence-corrected chi connectivity index (χ2v) is 6.18. The number of halogens is 3. The van der Waals surface area contributed by atoms with E-state index < -0.39 is 42.4 Å². The summed E-state index contributed by atoms with van der Waals surface area (Å²) in [6.07, 6.45) is -5.82. The number of rotatable bonds is 5. The molecule has 2 rings (SSSR count). The number of hydrogen-bond acceptors (Lipinski definition) is 3. The Kier molecular flexibility index (Phi) is 5.17. The normalized spacial score (nSPS) is 19.8. The number of urea groups is 1. The lowest BCUT2D eigenvalue weighted by Crippen LogP contribution is -2.35. The van der Waals surface area contributed by atoms with Crippen LogP contribution in [0.1, 0.15) is 37.5 Å². The SMILES string of the molecule is CC(C)C[C@@H]1NC(=O)N(C[C@H](O)c2ccccc2C(F)(F)F)C1=O. The summed E-state index contributed by atoms with van der Waals surface area (Å²) in [6, 6.07) is 3.16. The van der Waals surface area contributed by atoms with Crippen LogP contribution in [0, 0.1) is 5.92 Å². The first-order valence-corrected chi connectivity index (χ1v) is 7.57. The molecule has 24 heavy (non-hydrogen) atoms. The molecule has 8 heteroatoms. The minimum Gasteiger partial charge on any atom is -0.387 e. The lowest BCUT2D eigenvalue weighted by Gasteiger charge is -2.21. The molecule has 3 amide bonds. The van der Waals surface area contributed by atoms with Crippen molar-refractivity contribution in [3.05, 3.63) is 35.4 Å². The number of β-amino-alcohol motifs (C(OH)–C–C–N with tert-alkyl or cyclic N) is 1. The number of amides is 3. The van der Waals surface area contributed by atoms with E-state index in [0.29, 0.717) is 6.42 Å². The van der Waals surface area contributed by atoms with Gasteiger partial charge in [-0.05, 0) is 24.0 Å². The van der Waals surface area contributed by atoms with Gasteiger partial charge in [0.1, 0.15) is 6.04 Å². The van der Waals surface area contributed by atoms with Gasteiger partial charge in [0, 0.05) is 0 Å². The fourth-order valence-corrected chi connectivity index (χ4v) is 2.70. The van der Waals surface area contributed by atoms with Gasteiger partial charge in [-0.1, -0.05) is 32.0 Å². The Morgan fingerprint density at radius 1 is 1.25 bits per heavy atom. The highest BCUT2D eigenvalue weighted by Crippen LogP contribution is 2.35. The third-order valence-corrected chi connectivity index (χ3v) is 3.79. The molecule has 0 aliphatic carbocycles. The van der Waals surface area contributed by atoms with Crippen LogP contribution >= 0.6 is 0 Å². The van der Waals surface area contributed by atoms with Crippen molar-refractivity contribution in [3.63, 3.8) is 0 Å². The van der Waals surface area contributed by atoms with Crippen molar-refractivity contribution in [2.75, 3.05) is 6.54 Å². The van der Waals surface area contributed by atoms with Crippen molar-refractivity contribution in [2.45, 2.75) is 38.6 Å². The number of benzene rings is 1. The molecular formula is C16H19F3N2O3. The summed E-state index contributed by atoms with van der Waals surface area (Å²) in [5.74, 6) is -0.368. The molecule has 132 valence electrons. The zero-order valence-corrected chi connectivity index (χ0v) is 13.3. The van der Waals surface area contributed by atoms with Crippen LogP contribution in [-0.2, 0) is 11.0 Å². The maximum absolute atomic E-state index is 13.0. The highest BCUT2D eigenvalue weighted by molar-refractivity contribution is 6.04. The van der Waals surface area contributed by atoms with E-state index in [-0.39, 0.29) is 11.5 Å². The molecule has 5 nitrogen and oxygen atoms in total. The van der Waals surface area contributed by atoms with Crippen LogP contribution < -0.4 is 5.32 Å². The number of imide groups is 1. The summed E-state index contributed by atoms with van der Waals surface area (Å²) in [7, 11) is 0. The molecule has 1 aromatic carbocycles. The molecule has 1 aromatic rings. The number of nitrogens with zero attached hydrogens (tertiary/aromatic N) is 1. The average molecular weight is 344 g/mol. The molecule has 0 unspecified atom stereocenters. The molecule has 0 bridgehead atoms. The number of carbonyl (C=O) groups excluding carboxylic acids is 2. The molecule has 1 fully saturated rings. The van der Waals surface area contributed by atoms with Gasteiger partial charge in [-0.25, -0.2) is 4.79 Å². The van der Waals surface area contributed by atoms with Gasteiger partial charge in [-0.15, -0.1) is 0 Å². The Hall–Kier alpha value is -2.09. The molecular weight excluding hydrogens is 325 g/mol. The highest BCUT2D eigenvalue weighted by Gasteiger charge is 2.40. The fraction of sp³-hybridized carbons (Fsp3) is 0.500. The van der Waals surface area contributed by atoms with Crippen molar-refractivity contribution in [2.24, 2.45) is 5.92 Å². The molecule has 1 heterocycles. The number of aliphatic hydroxyl groups is 1. The van der Waals surface area contributed by atoms with Crippen LogP contribution in [0.5, 0.6) is 0 Å². The van der Waals surface area contributed by atoms with E-state index in [0.717, 1.165) is 17.0 Å². The second-order valence-electron chi connectivity index (χ2n) is 6.18. The van der Waals surface area contributed by atoms with Crippen LogP contribution in [0.3, 0.4) is 0 Å². The van der Waals surface area contributed by atoms with Gasteiger partial charge in [0.2, 0.25) is 0 Å². The van der Waals surface area contributed by atoms with Crippen LogP contribution in [0.25, 0.3) is 0 Å². The minimum absolute atomic E-state index is 0.162. The van der Waals surface area contributed by atoms with E-state index in [2.05, 4.69) is 5.32 Å². The van der Waals surface area contributed by atoms with Gasteiger partial charge < -0.3 is 10.4 Å². The summed E-state index contributed by atoms with van der Waals surface area (Å²) >= 11 is 0. The van der Waals surface area contributed by atoms with Gasteiger partial charge in [0.15, 0.2) is 0 Å². The number of carbonyl (C=O) groups is 2. The molecule has 0 radical (unpaired) electrons. The Morgan fingerprint density at radius 3 is 2.46 bits per heavy atom. The summed E-state index contributed by atoms with van der Waals surface area (Å²) in [6.45, 7) is 3.25. The predicted octanol–water partition coefficient (Wildman–Crippen LogP) is 2.71. The van der Waals surface area contributed by atoms with E-state index >= 15 is 0 Å². The first-order valence-electron chi connectivity index (χ1n) is 7.57. The molecule has 0 saturated carbocycles. The van der Waals surface area contributed by atoms with Crippen molar-refractivity contribution >= 4 is 11.9 Å². The molecule has 1 aliphatic heterocycles. The van der Waals surface area contributed by atoms with E-state index in [4.69, 9.17) is 0 Å². The van der Waals surface area contributed by atoms with Gasteiger partial charge >= 0.3 is 12.2 Å². The Labute approximate surface area is 137 Å². The second kappa shape index (κ2) is 6.80. The topological polar surface area (TPSA) is 69.6 Å². The zero-order valence-electron chi connectivity index (χ0n) is 13.3. The summed E-state index contributed by atoms with van der Waals surface area (Å²) < 4.78 is 39.0. The van der Waals surface area contributed by atoms with Gasteiger partial charge in [-0.3, -0.25) is 9.69 Å². The Balaban J connectivity index is 2.17. The van der Waals surface area contributed by atoms with Crippen LogP contribution in [-0.4, -0.2) is 34.5 Å². The van der Waals surface area contributed by atoms with E-state index in [1.165, 1.54) is 12.1 Å². The molecule has 2 N–H and O–H groups in total. The van der Waals surface area contributed by atoms with Crippen molar-refractivity contribution in [3.8, 4) is 0 Å². The fourth-order valence-electron chi connectivity index (χ4n) is 2.70. The summed E-state index contributed by atoms with van der Waals surface area (Å²) in [4.78, 5) is 24.9. The number of hydrogen-bond donors (Lipinski definition) is 2. The summed E-state index contributed by atoms with van der Waals surface area (Å²) in [5.41, 5.74) is -1.35. The lowest BCUT2D eigenvalue weighted by atomic mass is 10.0. The molecule has 1 aliphatic rings. The number of alkyl halides is 3. The van der Waals surface area contributed by atoms with Gasteiger partial charge in [0.05, 0.1) is 18.2 Å². The summed E-state index contributed by atoms with van der Waals surface area (Å²) in [5, 5.41) is 12.6. The smallest absolute Gasteiger partial charge is 0.387 e. The van der Waals surface area contributed by atoms with Gasteiger partial charge in [0.25, 0.3) is 5.91 Å². The largest absolute Gasteiger partial charge is 0.416 e. The molecule has 0 aromatic heterocycles. The van der Waals surface area contributed by atoms with E-state index in [1.54, 1.807) is 0 Å². The van der Waals surface area contributed by atoms with Crippen molar-refractivity contribution in [1.82, 2.24) is 10.2 Å². The first kappa shape index (κ1) is 18.3. The Morgan fingerprint density at radius 2 is 1.88 bits per heavy atom. The third kappa shape index (κ3) is 3.87. The number of aliphatic hydroxyl groups excluding tert-OH is 1. The minimum atomic E-state index is -4.63. The van der Waals surface area contributed by atoms with Crippen LogP contribution in [0.15, 0.2) is 24.3 Å². The van der Waals surface area contributed by atoms with E-state index in [9.17, 15) is 27.9 Å². The van der Waals surface area contributed by atoms with Gasteiger partial charge in [-0.2, -0.15) is 13.2 Å². The molecule has 1 saturated heterocycles. The van der Waals surface area contributed by atoms with Crippen LogP contribution in [0.2, 0.25) is 0 Å². The maximum atomic E-state index is 13.0. The molecule has 2 atom stereocenters. The monoisotopic (exact) mass is 344 g/mol. The van der Waals surface area contributed by atoms with Crippen molar-refractivity contribution in [1.29, 1.82) is 0 Å². The van der Waals surface area contributed by atoms with Crippen molar-refractivity contribution < 1.29 is 27.9 Å². The first-order chi connectivity index (χ1) is 11.1. The molecule has 0 spiro atoms. The number of nitrogens with one attached hydrogen (secondary N) is 1. The standard InChI is InChI=1S/C16H19F3N2O3/c1-9(2)7-12-14(23)21(15(24)20-12)8-13(22)10-5-3-4-6-11(10)16(17,18)19/h3-6,9,12-13,22H,7-8H2,1-2H3,(H,20,24)/t12-,13-/m0/s1. The highest BCUT2D eigenvalue weighted by atomic mass is 19.4. The predicted molar refractivity (Wildman–Crippen MR) is 79.9 cm³/mol. The van der Waals surface area contributed by atoms with E-state index in [1.807, 2.05) is 13.8 Å². The quantitative estimate of drug-likeness (QED) is 0.807. The van der Waals surface area contributed by atoms with Crippen LogP contribution in [0.4, 0.5) is 18.0 Å². The Bertz CT molecular complexity index is 631. The third-order valence-electron chi connectivity index (χ3n) is 3.79. The zero-order chi connectivity index (χ0) is 18.1. The average Bonchev–Trinajstić information content (AvgIpc) is 2.73. The maximum Gasteiger partial charge on any atom is 0.416 e.